The van der Waals surface area contributed by atoms with Crippen molar-refractivity contribution in [2.75, 3.05) is 13.2 Å². The Morgan fingerprint density at radius 1 is 0.630 bits per heavy atom. The minimum Gasteiger partial charge on any atom is -0.466 e. The largest absolute Gasteiger partial charge is 0.466 e. The van der Waals surface area contributed by atoms with Crippen molar-refractivity contribution in [3.05, 3.63) is 0 Å². The Morgan fingerprint density at radius 3 is 1.56 bits per heavy atom. The van der Waals surface area contributed by atoms with E-state index in [-0.39, 0.29) is 11.9 Å². The van der Waals surface area contributed by atoms with Gasteiger partial charge in [0.15, 0.2) is 0 Å². The normalized spacial score (nSPS) is 12.0. The lowest BCUT2D eigenvalue weighted by molar-refractivity contribution is -0.144. The number of carbonyl (C=O) groups is 2. The van der Waals surface area contributed by atoms with E-state index >= 15 is 0 Å². The lowest BCUT2D eigenvalue weighted by atomic mass is 9.95. The minimum absolute atomic E-state index is 0.0368. The number of unbranched alkanes of at least 4 members (excludes halogenated alkanes) is 10. The van der Waals surface area contributed by atoms with Crippen molar-refractivity contribution in [3.8, 4) is 0 Å². The smallest absolute Gasteiger partial charge is 0.306 e. The first-order chi connectivity index (χ1) is 13.1. The highest BCUT2D eigenvalue weighted by Gasteiger charge is 2.12. The topological polar surface area (TPSA) is 52.6 Å². The molecule has 27 heavy (non-hydrogen) atoms. The van der Waals surface area contributed by atoms with Gasteiger partial charge in [-0.1, -0.05) is 77.6 Å². The van der Waals surface area contributed by atoms with E-state index in [1.807, 2.05) is 13.8 Å². The maximum absolute atomic E-state index is 11.5. The number of esters is 2. The fraction of sp³-hybridized carbons (Fsp3) is 0.913. The molecule has 1 atom stereocenters. The van der Waals surface area contributed by atoms with E-state index in [9.17, 15) is 9.59 Å². The number of hydrogen-bond acceptors (Lipinski definition) is 4. The van der Waals surface area contributed by atoms with Crippen LogP contribution in [0.5, 0.6) is 0 Å². The van der Waals surface area contributed by atoms with Gasteiger partial charge >= 0.3 is 11.9 Å². The Labute approximate surface area is 167 Å². The Balaban J connectivity index is 3.32. The van der Waals surface area contributed by atoms with Crippen LogP contribution in [0.1, 0.15) is 117 Å². The molecule has 0 fully saturated rings. The molecule has 0 aromatic carbocycles. The summed E-state index contributed by atoms with van der Waals surface area (Å²) in [6.45, 7) is 6.87. The van der Waals surface area contributed by atoms with Crippen LogP contribution in [0.25, 0.3) is 0 Å². The van der Waals surface area contributed by atoms with E-state index in [0.717, 1.165) is 25.7 Å². The molecule has 1 unspecified atom stereocenters. The zero-order valence-electron chi connectivity index (χ0n) is 18.2. The van der Waals surface area contributed by atoms with Gasteiger partial charge < -0.3 is 9.47 Å². The van der Waals surface area contributed by atoms with Gasteiger partial charge in [0, 0.05) is 12.8 Å². The minimum atomic E-state index is -0.0522. The molecule has 0 radical (unpaired) electrons. The van der Waals surface area contributed by atoms with Gasteiger partial charge in [0.2, 0.25) is 0 Å². The lowest BCUT2D eigenvalue weighted by Crippen LogP contribution is -2.11. The van der Waals surface area contributed by atoms with Crippen molar-refractivity contribution in [3.63, 3.8) is 0 Å². The molecule has 0 bridgehead atoms. The van der Waals surface area contributed by atoms with Crippen molar-refractivity contribution < 1.29 is 19.1 Å². The number of carbonyl (C=O) groups excluding carboxylic acids is 2. The average molecular weight is 385 g/mol. The molecule has 160 valence electrons. The first-order valence-corrected chi connectivity index (χ1v) is 11.4. The van der Waals surface area contributed by atoms with Crippen molar-refractivity contribution in [1.29, 1.82) is 0 Å². The molecule has 0 aliphatic heterocycles. The van der Waals surface area contributed by atoms with Crippen LogP contribution in [0.2, 0.25) is 0 Å². The van der Waals surface area contributed by atoms with E-state index in [1.54, 1.807) is 0 Å². The molecule has 0 rings (SSSR count). The molecule has 0 aliphatic carbocycles. The van der Waals surface area contributed by atoms with Crippen LogP contribution in [-0.4, -0.2) is 25.2 Å². The summed E-state index contributed by atoms with van der Waals surface area (Å²) in [4.78, 5) is 22.8. The molecule has 0 saturated carbocycles. The highest BCUT2D eigenvalue weighted by atomic mass is 16.5. The standard InChI is InChI=1S/C23H44O4/c1-4-21(20-23(25)27-6-3)18-16-14-12-10-8-7-9-11-13-15-17-19-22(24)26-5-2/h21H,4-20H2,1-3H3. The highest BCUT2D eigenvalue weighted by molar-refractivity contribution is 5.69. The predicted molar refractivity (Wildman–Crippen MR) is 112 cm³/mol. The molecular weight excluding hydrogens is 340 g/mol. The quantitative estimate of drug-likeness (QED) is 0.186. The van der Waals surface area contributed by atoms with Crippen LogP contribution >= 0.6 is 0 Å². The second kappa shape index (κ2) is 19.7. The molecule has 0 aliphatic rings. The van der Waals surface area contributed by atoms with Crippen molar-refractivity contribution >= 4 is 11.9 Å². The van der Waals surface area contributed by atoms with Crippen LogP contribution in [0.3, 0.4) is 0 Å². The number of ether oxygens (including phenoxy) is 2. The SMILES string of the molecule is CCOC(=O)CCCCCCCCCCCCCC(CC)CC(=O)OCC. The van der Waals surface area contributed by atoms with Crippen molar-refractivity contribution in [2.24, 2.45) is 5.92 Å². The maximum atomic E-state index is 11.5. The molecule has 0 saturated heterocycles. The summed E-state index contributed by atoms with van der Waals surface area (Å²) in [5, 5.41) is 0. The molecule has 0 amide bonds. The summed E-state index contributed by atoms with van der Waals surface area (Å²) in [6, 6.07) is 0. The van der Waals surface area contributed by atoms with E-state index in [1.165, 1.54) is 57.8 Å². The van der Waals surface area contributed by atoms with Crippen LogP contribution in [0.15, 0.2) is 0 Å². The summed E-state index contributed by atoms with van der Waals surface area (Å²) >= 11 is 0. The van der Waals surface area contributed by atoms with Gasteiger partial charge in [-0.15, -0.1) is 0 Å². The third-order valence-electron chi connectivity index (χ3n) is 5.14. The van der Waals surface area contributed by atoms with Gasteiger partial charge in [0.05, 0.1) is 13.2 Å². The first-order valence-electron chi connectivity index (χ1n) is 11.4. The van der Waals surface area contributed by atoms with Crippen molar-refractivity contribution in [2.45, 2.75) is 117 Å². The summed E-state index contributed by atoms with van der Waals surface area (Å²) in [7, 11) is 0. The van der Waals surface area contributed by atoms with E-state index in [2.05, 4.69) is 6.92 Å². The monoisotopic (exact) mass is 384 g/mol. The van der Waals surface area contributed by atoms with Gasteiger partial charge in [0.25, 0.3) is 0 Å². The zero-order valence-corrected chi connectivity index (χ0v) is 18.2. The van der Waals surface area contributed by atoms with Gasteiger partial charge in [-0.2, -0.15) is 0 Å². The molecule has 0 aromatic heterocycles. The third kappa shape index (κ3) is 18.1. The average Bonchev–Trinajstić information content (AvgIpc) is 2.64. The zero-order chi connectivity index (χ0) is 20.2. The molecule has 4 nitrogen and oxygen atoms in total. The predicted octanol–water partition coefficient (Wildman–Crippen LogP) is 6.60. The molecule has 4 heteroatoms. The second-order valence-corrected chi connectivity index (χ2v) is 7.52. The summed E-state index contributed by atoms with van der Waals surface area (Å²) in [6.07, 6.45) is 17.2. The molecule has 0 N–H and O–H groups in total. The highest BCUT2D eigenvalue weighted by Crippen LogP contribution is 2.19. The summed E-state index contributed by atoms with van der Waals surface area (Å²) < 4.78 is 9.98. The van der Waals surface area contributed by atoms with Gasteiger partial charge in [-0.3, -0.25) is 9.59 Å². The number of hydrogen-bond donors (Lipinski definition) is 0. The third-order valence-corrected chi connectivity index (χ3v) is 5.14. The summed E-state index contributed by atoms with van der Waals surface area (Å²) in [5.41, 5.74) is 0. The van der Waals surface area contributed by atoms with Crippen LogP contribution in [-0.2, 0) is 19.1 Å². The Morgan fingerprint density at radius 2 is 1.07 bits per heavy atom. The molecule has 0 spiro atoms. The Hall–Kier alpha value is -1.06. The lowest BCUT2D eigenvalue weighted by Gasteiger charge is -2.13. The molecule has 0 heterocycles. The van der Waals surface area contributed by atoms with Gasteiger partial charge in [-0.25, -0.2) is 0 Å². The molecular formula is C23H44O4. The van der Waals surface area contributed by atoms with E-state index in [0.29, 0.717) is 32.0 Å². The maximum Gasteiger partial charge on any atom is 0.306 e. The number of rotatable bonds is 19. The summed E-state index contributed by atoms with van der Waals surface area (Å²) in [5.74, 6) is 0.404. The fourth-order valence-electron chi connectivity index (χ4n) is 3.43. The molecule has 0 aromatic rings. The van der Waals surface area contributed by atoms with Crippen LogP contribution in [0.4, 0.5) is 0 Å². The van der Waals surface area contributed by atoms with Crippen LogP contribution < -0.4 is 0 Å². The van der Waals surface area contributed by atoms with Crippen molar-refractivity contribution in [1.82, 2.24) is 0 Å². The Kier molecular flexibility index (Phi) is 18.9. The second-order valence-electron chi connectivity index (χ2n) is 7.52. The van der Waals surface area contributed by atoms with Crippen LogP contribution in [0, 0.1) is 5.92 Å². The Bertz CT molecular complexity index is 354. The van der Waals surface area contributed by atoms with Gasteiger partial charge in [-0.05, 0) is 32.6 Å². The van der Waals surface area contributed by atoms with E-state index < -0.39 is 0 Å². The van der Waals surface area contributed by atoms with Gasteiger partial charge in [0.1, 0.15) is 0 Å². The fourth-order valence-corrected chi connectivity index (χ4v) is 3.43. The van der Waals surface area contributed by atoms with E-state index in [4.69, 9.17) is 9.47 Å². The first kappa shape index (κ1) is 25.9.